The largest absolute Gasteiger partial charge is 0.238 e. The van der Waals surface area contributed by atoms with E-state index < -0.39 is 0 Å². The van der Waals surface area contributed by atoms with Gasteiger partial charge in [-0.2, -0.15) is 0 Å². The zero-order chi connectivity index (χ0) is 9.97. The Morgan fingerprint density at radius 2 is 2.14 bits per heavy atom. The van der Waals surface area contributed by atoms with Crippen LogP contribution in [-0.4, -0.2) is 15.0 Å². The minimum atomic E-state index is 0.188. The fraction of sp³-hybridized carbons (Fsp3) is 0. The maximum atomic E-state index is 5.89. The highest BCUT2D eigenvalue weighted by Gasteiger charge is 2.07. The molecule has 14 heavy (non-hydrogen) atoms. The predicted octanol–water partition coefficient (Wildman–Crippen LogP) is 3.39. The summed E-state index contributed by atoms with van der Waals surface area (Å²) >= 11 is 14.4. The van der Waals surface area contributed by atoms with Crippen molar-refractivity contribution in [2.24, 2.45) is 0 Å². The van der Waals surface area contributed by atoms with Crippen LogP contribution in [0.5, 0.6) is 0 Å². The molecule has 0 aliphatic heterocycles. The third-order valence-electron chi connectivity index (χ3n) is 1.28. The highest BCUT2D eigenvalue weighted by Crippen LogP contribution is 2.32. The Labute approximate surface area is 98.5 Å². The second kappa shape index (κ2) is 4.44. The SMILES string of the molecule is Clc1ncc(Cl)c(Sc2nccs2)n1. The van der Waals surface area contributed by atoms with Crippen LogP contribution in [0.1, 0.15) is 0 Å². The summed E-state index contributed by atoms with van der Waals surface area (Å²) in [6.07, 6.45) is 3.20. The third kappa shape index (κ3) is 2.36. The van der Waals surface area contributed by atoms with E-state index in [0.717, 1.165) is 4.34 Å². The molecule has 0 aromatic carbocycles. The Balaban J connectivity index is 2.28. The molecule has 0 fully saturated rings. The van der Waals surface area contributed by atoms with Crippen LogP contribution >= 0.6 is 46.3 Å². The molecule has 0 spiro atoms. The molecule has 3 nitrogen and oxygen atoms in total. The average Bonchev–Trinajstić information content (AvgIpc) is 2.64. The van der Waals surface area contributed by atoms with Gasteiger partial charge in [-0.05, 0) is 23.4 Å². The van der Waals surface area contributed by atoms with Crippen LogP contribution in [0.3, 0.4) is 0 Å². The number of hydrogen-bond acceptors (Lipinski definition) is 5. The summed E-state index contributed by atoms with van der Waals surface area (Å²) in [6, 6.07) is 0. The van der Waals surface area contributed by atoms with Crippen molar-refractivity contribution in [2.75, 3.05) is 0 Å². The Hall–Kier alpha value is -0.360. The van der Waals surface area contributed by atoms with Crippen molar-refractivity contribution in [3.63, 3.8) is 0 Å². The van der Waals surface area contributed by atoms with E-state index in [-0.39, 0.29) is 5.28 Å². The lowest BCUT2D eigenvalue weighted by Gasteiger charge is -1.99. The molecule has 0 unspecified atom stereocenters. The highest BCUT2D eigenvalue weighted by molar-refractivity contribution is 8.01. The average molecular weight is 264 g/mol. The maximum Gasteiger partial charge on any atom is 0.223 e. The zero-order valence-electron chi connectivity index (χ0n) is 6.65. The van der Waals surface area contributed by atoms with Gasteiger partial charge in [-0.3, -0.25) is 0 Å². The van der Waals surface area contributed by atoms with Crippen molar-refractivity contribution in [1.82, 2.24) is 15.0 Å². The molecule has 0 aliphatic rings. The van der Waals surface area contributed by atoms with Gasteiger partial charge >= 0.3 is 0 Å². The lowest BCUT2D eigenvalue weighted by Crippen LogP contribution is -1.85. The van der Waals surface area contributed by atoms with E-state index in [1.807, 2.05) is 5.38 Å². The number of thiazole rings is 1. The molecule has 2 aromatic rings. The van der Waals surface area contributed by atoms with Crippen LogP contribution in [0.15, 0.2) is 27.1 Å². The molecule has 2 heterocycles. The Morgan fingerprint density at radius 3 is 2.86 bits per heavy atom. The van der Waals surface area contributed by atoms with Gasteiger partial charge in [0.15, 0.2) is 4.34 Å². The van der Waals surface area contributed by atoms with E-state index in [1.54, 1.807) is 6.20 Å². The Morgan fingerprint density at radius 1 is 1.29 bits per heavy atom. The van der Waals surface area contributed by atoms with Crippen molar-refractivity contribution >= 4 is 46.3 Å². The highest BCUT2D eigenvalue weighted by atomic mass is 35.5. The summed E-state index contributed by atoms with van der Waals surface area (Å²) in [4.78, 5) is 11.9. The first-order valence-electron chi connectivity index (χ1n) is 3.51. The molecule has 72 valence electrons. The van der Waals surface area contributed by atoms with Crippen molar-refractivity contribution in [2.45, 2.75) is 9.37 Å². The van der Waals surface area contributed by atoms with Crippen LogP contribution in [-0.2, 0) is 0 Å². The molecular weight excluding hydrogens is 261 g/mol. The minimum Gasteiger partial charge on any atom is -0.238 e. The van der Waals surface area contributed by atoms with Gasteiger partial charge in [0.1, 0.15) is 5.03 Å². The maximum absolute atomic E-state index is 5.89. The van der Waals surface area contributed by atoms with Gasteiger partial charge in [-0.25, -0.2) is 15.0 Å². The lowest BCUT2D eigenvalue weighted by molar-refractivity contribution is 1.05. The lowest BCUT2D eigenvalue weighted by atomic mass is 10.7. The number of nitrogens with zero attached hydrogens (tertiary/aromatic N) is 3. The first-order chi connectivity index (χ1) is 6.75. The van der Waals surface area contributed by atoms with Gasteiger partial charge in [-0.15, -0.1) is 11.3 Å². The molecule has 2 aromatic heterocycles. The number of halogens is 2. The molecule has 0 bridgehead atoms. The van der Waals surface area contributed by atoms with E-state index >= 15 is 0 Å². The van der Waals surface area contributed by atoms with E-state index in [1.165, 1.54) is 29.3 Å². The zero-order valence-corrected chi connectivity index (χ0v) is 9.79. The third-order valence-corrected chi connectivity index (χ3v) is 3.74. The molecule has 0 saturated carbocycles. The van der Waals surface area contributed by atoms with E-state index in [9.17, 15) is 0 Å². The van der Waals surface area contributed by atoms with Gasteiger partial charge in [-0.1, -0.05) is 11.6 Å². The molecule has 0 N–H and O–H groups in total. The van der Waals surface area contributed by atoms with Gasteiger partial charge < -0.3 is 0 Å². The molecule has 0 radical (unpaired) electrons. The van der Waals surface area contributed by atoms with Crippen molar-refractivity contribution in [3.05, 3.63) is 28.1 Å². The van der Waals surface area contributed by atoms with Crippen LogP contribution in [0.25, 0.3) is 0 Å². The fourth-order valence-corrected chi connectivity index (χ4v) is 2.65. The van der Waals surface area contributed by atoms with E-state index in [0.29, 0.717) is 10.0 Å². The van der Waals surface area contributed by atoms with Crippen LogP contribution in [0.2, 0.25) is 10.3 Å². The smallest absolute Gasteiger partial charge is 0.223 e. The minimum absolute atomic E-state index is 0.188. The van der Waals surface area contributed by atoms with Crippen LogP contribution < -0.4 is 0 Å². The van der Waals surface area contributed by atoms with Crippen molar-refractivity contribution in [3.8, 4) is 0 Å². The van der Waals surface area contributed by atoms with Crippen molar-refractivity contribution in [1.29, 1.82) is 0 Å². The van der Waals surface area contributed by atoms with E-state index in [2.05, 4.69) is 15.0 Å². The second-order valence-corrected chi connectivity index (χ2v) is 5.07. The van der Waals surface area contributed by atoms with Gasteiger partial charge in [0.05, 0.1) is 11.2 Å². The number of aromatic nitrogens is 3. The van der Waals surface area contributed by atoms with Crippen molar-refractivity contribution < 1.29 is 0 Å². The molecule has 0 atom stereocenters. The summed E-state index contributed by atoms with van der Waals surface area (Å²) in [5.41, 5.74) is 0. The van der Waals surface area contributed by atoms with Crippen LogP contribution in [0.4, 0.5) is 0 Å². The first-order valence-corrected chi connectivity index (χ1v) is 5.96. The quantitative estimate of drug-likeness (QED) is 0.615. The first kappa shape index (κ1) is 10.2. The topological polar surface area (TPSA) is 38.7 Å². The summed E-state index contributed by atoms with van der Waals surface area (Å²) in [6.45, 7) is 0. The van der Waals surface area contributed by atoms with Gasteiger partial charge in [0.2, 0.25) is 5.28 Å². The molecule has 0 aliphatic carbocycles. The summed E-state index contributed by atoms with van der Waals surface area (Å²) in [5, 5.41) is 3.18. The van der Waals surface area contributed by atoms with E-state index in [4.69, 9.17) is 23.2 Å². The number of rotatable bonds is 2. The molecule has 7 heteroatoms. The molecule has 0 amide bonds. The monoisotopic (exact) mass is 263 g/mol. The molecule has 0 saturated heterocycles. The fourth-order valence-electron chi connectivity index (χ4n) is 0.746. The molecule has 2 rings (SSSR count). The summed E-state index contributed by atoms with van der Waals surface area (Å²) in [5.74, 6) is 0. The normalized spacial score (nSPS) is 10.4. The second-order valence-electron chi connectivity index (χ2n) is 2.19. The predicted molar refractivity (Wildman–Crippen MR) is 58.3 cm³/mol. The summed E-state index contributed by atoms with van der Waals surface area (Å²) < 4.78 is 0.877. The standard InChI is InChI=1S/C7H3Cl2N3S2/c8-4-3-11-6(9)12-5(4)14-7-10-1-2-13-7/h1-3H. The van der Waals surface area contributed by atoms with Gasteiger partial charge in [0.25, 0.3) is 0 Å². The Bertz CT molecular complexity index is 433. The number of hydrogen-bond donors (Lipinski definition) is 0. The van der Waals surface area contributed by atoms with Gasteiger partial charge in [0, 0.05) is 11.6 Å². The Kier molecular flexibility index (Phi) is 3.22. The van der Waals surface area contributed by atoms with Crippen LogP contribution in [0, 0.1) is 0 Å². The summed E-state index contributed by atoms with van der Waals surface area (Å²) in [7, 11) is 0. The molecular formula is C7H3Cl2N3S2.